The van der Waals surface area contributed by atoms with Gasteiger partial charge >= 0.3 is 0 Å². The molecule has 14 heteroatoms. The lowest BCUT2D eigenvalue weighted by Gasteiger charge is -2.53. The largest absolute Gasteiger partial charge is 0.390 e. The Kier molecular flexibility index (Phi) is 6.69. The molecule has 0 bridgehead atoms. The van der Waals surface area contributed by atoms with Gasteiger partial charge in [-0.05, 0) is 18.2 Å². The molecule has 2 aliphatic heterocycles. The number of ether oxygens (including phenoxy) is 1. The normalized spacial score (nSPS) is 22.8. The van der Waals surface area contributed by atoms with Gasteiger partial charge in [0.1, 0.15) is 12.4 Å². The molecule has 2 heterocycles. The van der Waals surface area contributed by atoms with Crippen LogP contribution in [-0.2, 0) is 4.74 Å². The Morgan fingerprint density at radius 3 is 2.29 bits per heavy atom. The summed E-state index contributed by atoms with van der Waals surface area (Å²) in [5, 5.41) is 62.7. The number of rotatable bonds is 5. The van der Waals surface area contributed by atoms with Gasteiger partial charge in [-0.25, -0.2) is 4.99 Å². The number of para-hydroxylation sites is 1. The zero-order chi connectivity index (χ0) is 25.6. The number of piperazine rings is 1. The summed E-state index contributed by atoms with van der Waals surface area (Å²) >= 11 is 1.42. The molecule has 190 valence electrons. The highest BCUT2D eigenvalue weighted by atomic mass is 32.2. The van der Waals surface area contributed by atoms with Crippen molar-refractivity contribution in [3.8, 4) is 0 Å². The van der Waals surface area contributed by atoms with Crippen molar-refractivity contribution in [1.29, 1.82) is 0 Å². The van der Waals surface area contributed by atoms with Gasteiger partial charge in [0.2, 0.25) is 5.85 Å². The van der Waals surface area contributed by atoms with E-state index in [1.54, 1.807) is 24.3 Å². The van der Waals surface area contributed by atoms with E-state index < -0.39 is 49.8 Å². The molecule has 1 unspecified atom stereocenters. The summed E-state index contributed by atoms with van der Waals surface area (Å²) in [7, 11) is 0. The molecule has 0 saturated carbocycles. The van der Waals surface area contributed by atoms with Crippen LogP contribution in [0, 0.1) is 0 Å². The number of benzene rings is 2. The predicted octanol–water partition coefficient (Wildman–Crippen LogP) is -2.69. The number of nitrogens with two attached hydrogens (primary N) is 3. The van der Waals surface area contributed by atoms with Crippen LogP contribution in [0.2, 0.25) is 0 Å². The van der Waals surface area contributed by atoms with E-state index in [1.807, 2.05) is 24.3 Å². The maximum absolute atomic E-state index is 11.2. The van der Waals surface area contributed by atoms with Crippen molar-refractivity contribution >= 4 is 23.3 Å². The van der Waals surface area contributed by atoms with E-state index in [4.69, 9.17) is 27.0 Å². The Morgan fingerprint density at radius 2 is 1.63 bits per heavy atom. The monoisotopic (exact) mass is 508 g/mol. The quantitative estimate of drug-likeness (QED) is 0.188. The molecular formula is C21H28N6O7S. The van der Waals surface area contributed by atoms with Crippen molar-refractivity contribution in [2.24, 2.45) is 22.2 Å². The zero-order valence-corrected chi connectivity index (χ0v) is 19.3. The number of amidine groups is 1. The van der Waals surface area contributed by atoms with Crippen molar-refractivity contribution in [3.05, 3.63) is 54.1 Å². The molecule has 0 aliphatic carbocycles. The fourth-order valence-electron chi connectivity index (χ4n) is 4.10. The van der Waals surface area contributed by atoms with Crippen LogP contribution < -0.4 is 17.2 Å². The molecule has 12 N–H and O–H groups in total. The topological polar surface area (TPSA) is 228 Å². The first-order chi connectivity index (χ1) is 16.2. The van der Waals surface area contributed by atoms with Gasteiger partial charge in [-0.3, -0.25) is 31.7 Å². The van der Waals surface area contributed by atoms with Crippen molar-refractivity contribution in [1.82, 2.24) is 9.80 Å². The Balaban J connectivity index is 1.70. The van der Waals surface area contributed by atoms with Gasteiger partial charge in [0, 0.05) is 15.4 Å². The van der Waals surface area contributed by atoms with Crippen LogP contribution in [0.5, 0.6) is 0 Å². The predicted molar refractivity (Wildman–Crippen MR) is 124 cm³/mol. The summed E-state index contributed by atoms with van der Waals surface area (Å²) in [4.78, 5) is 7.97. The van der Waals surface area contributed by atoms with Gasteiger partial charge in [-0.1, -0.05) is 42.1 Å². The number of hydrogen-bond acceptors (Lipinski definition) is 14. The second-order valence-electron chi connectivity index (χ2n) is 8.59. The average molecular weight is 509 g/mol. The van der Waals surface area contributed by atoms with Gasteiger partial charge < -0.3 is 30.6 Å². The van der Waals surface area contributed by atoms with Gasteiger partial charge in [0.25, 0.3) is 11.9 Å². The summed E-state index contributed by atoms with van der Waals surface area (Å²) in [6.07, 6.45) is 0. The SMILES string of the molecule is NC(N)(CO)OC(O)(O)CN1CC(N)(O)N(C2=Nc3ccccc3Sc3ccccc32)C(O)(O)C1. The summed E-state index contributed by atoms with van der Waals surface area (Å²) in [6, 6.07) is 14.3. The zero-order valence-electron chi connectivity index (χ0n) is 18.5. The number of aliphatic hydroxyl groups excluding tert-OH is 1. The lowest BCUT2D eigenvalue weighted by Crippen LogP contribution is -2.78. The van der Waals surface area contributed by atoms with Gasteiger partial charge in [0.05, 0.1) is 25.3 Å². The molecule has 0 radical (unpaired) electrons. The molecule has 1 fully saturated rings. The maximum atomic E-state index is 11.2. The average Bonchev–Trinajstić information content (AvgIpc) is 2.87. The van der Waals surface area contributed by atoms with Crippen molar-refractivity contribution < 1.29 is 35.4 Å². The van der Waals surface area contributed by atoms with E-state index in [2.05, 4.69) is 4.99 Å². The summed E-state index contributed by atoms with van der Waals surface area (Å²) < 4.78 is 4.71. The standard InChI is InChI=1S/C21H28N6O7S/c22-18(23,12-28)34-21(32,33)11-26-9-19(24,29)27(20(30,31)10-26)17-13-5-1-3-7-15(13)35-16-8-4-2-6-14(16)25-17/h1-8,28-33H,9-12,22-24H2. The minimum atomic E-state index is -3.03. The van der Waals surface area contributed by atoms with Crippen LogP contribution in [0.4, 0.5) is 5.69 Å². The van der Waals surface area contributed by atoms with Crippen LogP contribution in [0.1, 0.15) is 5.56 Å². The lowest BCUT2D eigenvalue weighted by atomic mass is 10.1. The lowest BCUT2D eigenvalue weighted by molar-refractivity contribution is -0.394. The van der Waals surface area contributed by atoms with E-state index in [-0.39, 0.29) is 5.84 Å². The molecule has 35 heavy (non-hydrogen) atoms. The van der Waals surface area contributed by atoms with Crippen LogP contribution in [0.25, 0.3) is 0 Å². The Labute approximate surface area is 204 Å². The Bertz CT molecular complexity index is 1110. The number of aliphatic imine (C=N–C) groups is 1. The second-order valence-corrected chi connectivity index (χ2v) is 9.68. The van der Waals surface area contributed by atoms with Gasteiger partial charge in [0.15, 0.2) is 5.85 Å². The number of hydrogen-bond donors (Lipinski definition) is 9. The summed E-state index contributed by atoms with van der Waals surface area (Å²) in [6.45, 7) is -2.90. The van der Waals surface area contributed by atoms with Gasteiger partial charge in [-0.15, -0.1) is 0 Å². The molecule has 2 aromatic carbocycles. The van der Waals surface area contributed by atoms with Crippen LogP contribution in [0.3, 0.4) is 0 Å². The molecule has 1 saturated heterocycles. The van der Waals surface area contributed by atoms with Crippen molar-refractivity contribution in [2.45, 2.75) is 33.4 Å². The highest BCUT2D eigenvalue weighted by Gasteiger charge is 2.54. The molecule has 1 atom stereocenters. The third-order valence-corrected chi connectivity index (χ3v) is 6.46. The molecule has 0 spiro atoms. The second kappa shape index (κ2) is 9.04. The minimum absolute atomic E-state index is 0.00595. The summed E-state index contributed by atoms with van der Waals surface area (Å²) in [5.41, 5.74) is 18.0. The number of fused-ring (bicyclic) bond motifs is 2. The fourth-order valence-corrected chi connectivity index (χ4v) is 5.12. The van der Waals surface area contributed by atoms with Crippen molar-refractivity contribution in [2.75, 3.05) is 26.2 Å². The molecule has 2 aromatic rings. The highest BCUT2D eigenvalue weighted by molar-refractivity contribution is 7.99. The molecule has 0 aromatic heterocycles. The van der Waals surface area contributed by atoms with E-state index in [1.165, 1.54) is 11.8 Å². The number of aliphatic hydroxyl groups is 6. The number of nitrogens with zero attached hydrogens (tertiary/aromatic N) is 3. The van der Waals surface area contributed by atoms with Crippen LogP contribution >= 0.6 is 11.8 Å². The summed E-state index contributed by atoms with van der Waals surface area (Å²) in [5.74, 6) is -10.6. The van der Waals surface area contributed by atoms with E-state index in [0.29, 0.717) is 11.3 Å². The third-order valence-electron chi connectivity index (χ3n) is 5.32. The van der Waals surface area contributed by atoms with Gasteiger partial charge in [-0.2, -0.15) is 0 Å². The Hall–Kier alpha value is -2.18. The smallest absolute Gasteiger partial charge is 0.294 e. The molecule has 4 rings (SSSR count). The van der Waals surface area contributed by atoms with Crippen molar-refractivity contribution in [3.63, 3.8) is 0 Å². The first-order valence-electron chi connectivity index (χ1n) is 10.5. The fraction of sp³-hybridized carbons (Fsp3) is 0.381. The van der Waals surface area contributed by atoms with E-state index >= 15 is 0 Å². The highest BCUT2D eigenvalue weighted by Crippen LogP contribution is 2.42. The molecular weight excluding hydrogens is 480 g/mol. The molecule has 0 amide bonds. The Morgan fingerprint density at radius 1 is 1.00 bits per heavy atom. The molecule has 2 aliphatic rings. The van der Waals surface area contributed by atoms with Crippen LogP contribution in [0.15, 0.2) is 63.3 Å². The van der Waals surface area contributed by atoms with Crippen LogP contribution in [-0.4, -0.2) is 96.1 Å². The number of β-amino-alcohol motifs (C(OH)–C–C–N with tert-alkyl or cyclic N) is 5. The first kappa shape index (κ1) is 25.9. The van der Waals surface area contributed by atoms with E-state index in [0.717, 1.165) is 19.6 Å². The first-order valence-corrected chi connectivity index (χ1v) is 11.3. The third kappa shape index (κ3) is 5.49. The minimum Gasteiger partial charge on any atom is -0.390 e. The van der Waals surface area contributed by atoms with E-state index in [9.17, 15) is 25.5 Å². The maximum Gasteiger partial charge on any atom is 0.294 e. The molecule has 13 nitrogen and oxygen atoms in total.